The summed E-state index contributed by atoms with van der Waals surface area (Å²) in [5, 5.41) is 11.4. The number of alkyl halides is 3. The Morgan fingerprint density at radius 2 is 1.97 bits per heavy atom. The highest BCUT2D eigenvalue weighted by Crippen LogP contribution is 2.31. The molecule has 0 spiro atoms. The van der Waals surface area contributed by atoms with Crippen LogP contribution in [0.2, 0.25) is 0 Å². The van der Waals surface area contributed by atoms with E-state index in [2.05, 4.69) is 26.9 Å². The molecular formula is C22H22F3N5O2. The molecule has 0 bridgehead atoms. The van der Waals surface area contributed by atoms with Crippen molar-refractivity contribution in [3.8, 4) is 0 Å². The number of allylic oxidation sites excluding steroid dienone is 1. The van der Waals surface area contributed by atoms with Gasteiger partial charge in [-0.05, 0) is 35.2 Å². The zero-order valence-electron chi connectivity index (χ0n) is 17.6. The molecule has 0 amide bonds. The minimum absolute atomic E-state index is 0.179. The lowest BCUT2D eigenvalue weighted by Gasteiger charge is -2.15. The average molecular weight is 445 g/mol. The second kappa shape index (κ2) is 11.6. The van der Waals surface area contributed by atoms with Gasteiger partial charge in [-0.3, -0.25) is 0 Å². The van der Waals surface area contributed by atoms with E-state index in [9.17, 15) is 13.2 Å². The van der Waals surface area contributed by atoms with Gasteiger partial charge in [0.15, 0.2) is 6.10 Å². The molecule has 1 atom stereocenters. The Labute approximate surface area is 183 Å². The van der Waals surface area contributed by atoms with Gasteiger partial charge in [-0.2, -0.15) is 13.2 Å². The number of hydrogen-bond acceptors (Lipinski definition) is 5. The number of oxime groups is 2. The van der Waals surface area contributed by atoms with Gasteiger partial charge in [-0.1, -0.05) is 65.3 Å². The molecule has 2 aromatic carbocycles. The summed E-state index contributed by atoms with van der Waals surface area (Å²) in [6.07, 6.45) is -3.47. The van der Waals surface area contributed by atoms with Crippen molar-refractivity contribution >= 4 is 11.9 Å². The molecule has 10 heteroatoms. The average Bonchev–Trinajstić information content (AvgIpc) is 2.79. The summed E-state index contributed by atoms with van der Waals surface area (Å²) in [5.74, 6) is 0. The molecule has 2 aromatic rings. The third-order valence-corrected chi connectivity index (χ3v) is 4.44. The first-order chi connectivity index (χ1) is 15.3. The molecular weight excluding hydrogens is 423 g/mol. The predicted octanol–water partition coefficient (Wildman–Crippen LogP) is 6.42. The second-order valence-corrected chi connectivity index (χ2v) is 6.53. The molecule has 0 fully saturated rings. The molecule has 0 heterocycles. The van der Waals surface area contributed by atoms with Crippen molar-refractivity contribution in [1.29, 1.82) is 0 Å². The van der Waals surface area contributed by atoms with Crippen LogP contribution in [0.25, 0.3) is 10.4 Å². The molecule has 0 N–H and O–H groups in total. The first kappa shape index (κ1) is 24.5. The zero-order valence-corrected chi connectivity index (χ0v) is 17.6. The van der Waals surface area contributed by atoms with E-state index in [0.717, 1.165) is 17.7 Å². The molecule has 2 rings (SSSR count). The van der Waals surface area contributed by atoms with Crippen LogP contribution in [-0.2, 0) is 15.9 Å². The van der Waals surface area contributed by atoms with Gasteiger partial charge in [0.1, 0.15) is 12.8 Å². The van der Waals surface area contributed by atoms with Gasteiger partial charge < -0.3 is 9.68 Å². The molecule has 0 saturated heterocycles. The molecule has 0 aliphatic carbocycles. The van der Waals surface area contributed by atoms with Crippen LogP contribution in [0.5, 0.6) is 0 Å². The Morgan fingerprint density at radius 3 is 2.62 bits per heavy atom. The van der Waals surface area contributed by atoms with Crippen molar-refractivity contribution in [3.63, 3.8) is 0 Å². The van der Waals surface area contributed by atoms with E-state index in [-0.39, 0.29) is 12.1 Å². The fourth-order valence-corrected chi connectivity index (χ4v) is 2.77. The van der Waals surface area contributed by atoms with Gasteiger partial charge in [0.25, 0.3) is 0 Å². The van der Waals surface area contributed by atoms with E-state index in [4.69, 9.17) is 15.2 Å². The molecule has 0 aliphatic heterocycles. The lowest BCUT2D eigenvalue weighted by Crippen LogP contribution is -2.10. The fourth-order valence-electron chi connectivity index (χ4n) is 2.77. The van der Waals surface area contributed by atoms with E-state index < -0.39 is 17.8 Å². The quantitative estimate of drug-likeness (QED) is 0.139. The van der Waals surface area contributed by atoms with E-state index in [1.807, 2.05) is 19.1 Å². The summed E-state index contributed by atoms with van der Waals surface area (Å²) < 4.78 is 39.2. The molecule has 0 aliphatic rings. The van der Waals surface area contributed by atoms with Crippen LogP contribution in [0.4, 0.5) is 13.2 Å². The monoisotopic (exact) mass is 445 g/mol. The summed E-state index contributed by atoms with van der Waals surface area (Å²) in [6, 6.07) is 11.8. The summed E-state index contributed by atoms with van der Waals surface area (Å²) in [4.78, 5) is 13.0. The second-order valence-electron chi connectivity index (χ2n) is 6.53. The maximum absolute atomic E-state index is 13.1. The van der Waals surface area contributed by atoms with Crippen LogP contribution in [-0.4, -0.2) is 25.6 Å². The van der Waals surface area contributed by atoms with Crippen LogP contribution < -0.4 is 0 Å². The minimum Gasteiger partial charge on any atom is -0.399 e. The van der Waals surface area contributed by atoms with E-state index >= 15 is 0 Å². The molecule has 0 radical (unpaired) electrons. The standard InChI is InChI=1S/C22H22F3N5O2/c1-4-15(2)21(29-31-3)19-11-6-5-8-17(19)13-28-32-20(14-27-30-26)16-9-7-10-18(12-16)22(23,24)25/h5-13,20H,2,4,14H2,1,3H3/b28-13+,29-21-. The SMILES string of the molecule is C=C(CC)/C(=N/OC)c1ccccc1/C=N/OC(CN=[N+]=[N-])c1cccc(C(F)(F)F)c1. The Bertz CT molecular complexity index is 1040. The van der Waals surface area contributed by atoms with E-state index in [0.29, 0.717) is 23.3 Å². The number of hydrogen-bond donors (Lipinski definition) is 0. The van der Waals surface area contributed by atoms with Crippen molar-refractivity contribution in [2.75, 3.05) is 13.7 Å². The van der Waals surface area contributed by atoms with Gasteiger partial charge in [0.2, 0.25) is 0 Å². The third kappa shape index (κ3) is 6.61. The van der Waals surface area contributed by atoms with E-state index in [1.165, 1.54) is 25.5 Å². The van der Waals surface area contributed by atoms with Crippen LogP contribution >= 0.6 is 0 Å². The van der Waals surface area contributed by atoms with Crippen molar-refractivity contribution in [2.24, 2.45) is 15.4 Å². The van der Waals surface area contributed by atoms with E-state index in [1.54, 1.807) is 12.1 Å². The number of azide groups is 1. The maximum atomic E-state index is 13.1. The van der Waals surface area contributed by atoms with Crippen LogP contribution in [0, 0.1) is 0 Å². The Hall–Kier alpha value is -3.78. The topological polar surface area (TPSA) is 91.9 Å². The maximum Gasteiger partial charge on any atom is 0.416 e. The van der Waals surface area contributed by atoms with Crippen molar-refractivity contribution in [3.05, 3.63) is 93.4 Å². The minimum atomic E-state index is -4.51. The molecule has 32 heavy (non-hydrogen) atoms. The summed E-state index contributed by atoms with van der Waals surface area (Å²) in [5.41, 5.74) is 10.6. The van der Waals surface area contributed by atoms with Crippen LogP contribution in [0.1, 0.15) is 41.7 Å². The van der Waals surface area contributed by atoms with Gasteiger partial charge in [0.05, 0.1) is 18.3 Å². The van der Waals surface area contributed by atoms with Crippen molar-refractivity contribution in [1.82, 2.24) is 0 Å². The third-order valence-electron chi connectivity index (χ3n) is 4.44. The summed E-state index contributed by atoms with van der Waals surface area (Å²) in [6.45, 7) is 5.69. The highest BCUT2D eigenvalue weighted by atomic mass is 19.4. The van der Waals surface area contributed by atoms with Gasteiger partial charge >= 0.3 is 6.18 Å². The Morgan fingerprint density at radius 1 is 1.22 bits per heavy atom. The molecule has 0 saturated carbocycles. The zero-order chi connectivity index (χ0) is 23.6. The van der Waals surface area contributed by atoms with Crippen molar-refractivity contribution < 1.29 is 22.8 Å². The van der Waals surface area contributed by atoms with Crippen molar-refractivity contribution in [2.45, 2.75) is 25.6 Å². The molecule has 0 aromatic heterocycles. The Balaban J connectivity index is 2.34. The highest BCUT2D eigenvalue weighted by Gasteiger charge is 2.31. The Kier molecular flexibility index (Phi) is 8.85. The number of nitrogens with zero attached hydrogens (tertiary/aromatic N) is 5. The number of benzene rings is 2. The fraction of sp³-hybridized carbons (Fsp3) is 0.273. The van der Waals surface area contributed by atoms with Gasteiger partial charge in [-0.15, -0.1) is 0 Å². The first-order valence-corrected chi connectivity index (χ1v) is 9.57. The van der Waals surface area contributed by atoms with Crippen LogP contribution in [0.3, 0.4) is 0 Å². The summed E-state index contributed by atoms with van der Waals surface area (Å²) in [7, 11) is 1.43. The highest BCUT2D eigenvalue weighted by molar-refractivity contribution is 6.15. The first-order valence-electron chi connectivity index (χ1n) is 9.57. The smallest absolute Gasteiger partial charge is 0.399 e. The van der Waals surface area contributed by atoms with Gasteiger partial charge in [-0.25, -0.2) is 0 Å². The number of rotatable bonds is 10. The molecule has 7 nitrogen and oxygen atoms in total. The predicted molar refractivity (Wildman–Crippen MR) is 116 cm³/mol. The molecule has 1 unspecified atom stereocenters. The largest absolute Gasteiger partial charge is 0.416 e. The van der Waals surface area contributed by atoms with Gasteiger partial charge in [0, 0.05) is 16.0 Å². The summed E-state index contributed by atoms with van der Waals surface area (Å²) >= 11 is 0. The van der Waals surface area contributed by atoms with Crippen LogP contribution in [0.15, 0.2) is 76.1 Å². The molecule has 168 valence electrons. The lowest BCUT2D eigenvalue weighted by molar-refractivity contribution is -0.137. The normalized spacial score (nSPS) is 12.8. The number of halogens is 3. The lowest BCUT2D eigenvalue weighted by atomic mass is 9.97.